The number of ether oxygens (including phenoxy) is 4. The second-order valence-electron chi connectivity index (χ2n) is 11.0. The van der Waals surface area contributed by atoms with Gasteiger partial charge in [-0.15, -0.1) is 0 Å². The molecule has 0 radical (unpaired) electrons. The molecular weight excluding hydrogens is 604 g/mol. The van der Waals surface area contributed by atoms with E-state index in [0.717, 1.165) is 0 Å². The fourth-order valence-corrected chi connectivity index (χ4v) is 5.87. The number of para-hydroxylation sites is 1. The largest absolute Gasteiger partial charge is 0.494 e. The van der Waals surface area contributed by atoms with Crippen LogP contribution in [-0.4, -0.2) is 101 Å². The van der Waals surface area contributed by atoms with Gasteiger partial charge in [-0.25, -0.2) is 24.7 Å². The van der Waals surface area contributed by atoms with Crippen molar-refractivity contribution in [2.45, 2.75) is 33.3 Å². The second kappa shape index (κ2) is 12.7. The van der Waals surface area contributed by atoms with Crippen molar-refractivity contribution in [1.82, 2.24) is 33.7 Å². The smallest absolute Gasteiger partial charge is 0.410 e. The minimum absolute atomic E-state index is 0.0327. The van der Waals surface area contributed by atoms with E-state index in [0.29, 0.717) is 41.2 Å². The minimum atomic E-state index is -4.06. The molecule has 1 aromatic carbocycles. The molecule has 1 aliphatic heterocycles. The molecule has 4 aromatic rings. The standard InChI is InChI=1S/C29H36N8O7S/c1-7-43-23-13-8-10-19(31-23)26-33-25-27(37(26)24-20(41-5)11-9-12-21(24)42-6)32-22(18-30-25)34-45(39,40)36-16-14-35(15-17-36)28(38)44-29(2,3)4/h8-13,18H,7,14-17H2,1-6H3,(H,32,34). The molecule has 0 unspecified atom stereocenters. The molecular formula is C29H36N8O7S. The number of amides is 1. The summed E-state index contributed by atoms with van der Waals surface area (Å²) in [5.41, 5.74) is 0.735. The summed E-state index contributed by atoms with van der Waals surface area (Å²) < 4.78 is 54.6. The molecule has 0 spiro atoms. The molecule has 0 atom stereocenters. The Morgan fingerprint density at radius 1 is 0.956 bits per heavy atom. The maximum atomic E-state index is 13.4. The van der Waals surface area contributed by atoms with Crippen LogP contribution >= 0.6 is 0 Å². The summed E-state index contributed by atoms with van der Waals surface area (Å²) in [6, 6.07) is 10.6. The first kappa shape index (κ1) is 31.7. The topological polar surface area (TPSA) is 163 Å². The Kier molecular flexibility index (Phi) is 8.97. The molecule has 5 rings (SSSR count). The van der Waals surface area contributed by atoms with Crippen molar-refractivity contribution in [2.75, 3.05) is 51.7 Å². The Morgan fingerprint density at radius 3 is 2.24 bits per heavy atom. The van der Waals surface area contributed by atoms with E-state index < -0.39 is 21.9 Å². The number of fused-ring (bicyclic) bond motifs is 1. The maximum absolute atomic E-state index is 13.4. The normalized spacial score (nSPS) is 14.3. The van der Waals surface area contributed by atoms with Gasteiger partial charge in [0, 0.05) is 32.2 Å². The highest BCUT2D eigenvalue weighted by molar-refractivity contribution is 7.90. The minimum Gasteiger partial charge on any atom is -0.494 e. The number of aromatic nitrogens is 5. The SMILES string of the molecule is CCOc1cccc(-c2nc3ncc(NS(=O)(=O)N4CCN(C(=O)OC(C)(C)C)CC4)nc3n2-c2c(OC)cccc2OC)n1. The highest BCUT2D eigenvalue weighted by Gasteiger charge is 2.32. The van der Waals surface area contributed by atoms with Crippen LogP contribution in [0.25, 0.3) is 28.5 Å². The first-order chi connectivity index (χ1) is 21.4. The Morgan fingerprint density at radius 2 is 1.62 bits per heavy atom. The number of hydrogen-bond donors (Lipinski definition) is 1. The number of pyridine rings is 1. The number of carbonyl (C=O) groups is 1. The van der Waals surface area contributed by atoms with Gasteiger partial charge in [-0.1, -0.05) is 12.1 Å². The monoisotopic (exact) mass is 640 g/mol. The summed E-state index contributed by atoms with van der Waals surface area (Å²) >= 11 is 0. The Hall–Kier alpha value is -4.70. The quantitative estimate of drug-likeness (QED) is 0.285. The van der Waals surface area contributed by atoms with Crippen molar-refractivity contribution in [3.8, 4) is 34.6 Å². The fraction of sp³-hybridized carbons (Fsp3) is 0.414. The molecule has 0 saturated carbocycles. The van der Waals surface area contributed by atoms with E-state index in [9.17, 15) is 13.2 Å². The molecule has 15 nitrogen and oxygen atoms in total. The predicted molar refractivity (Wildman–Crippen MR) is 166 cm³/mol. The number of methoxy groups -OCH3 is 2. The number of carbonyl (C=O) groups excluding carboxylic acids is 1. The predicted octanol–water partition coefficient (Wildman–Crippen LogP) is 3.50. The molecule has 45 heavy (non-hydrogen) atoms. The van der Waals surface area contributed by atoms with Crippen LogP contribution in [0.1, 0.15) is 27.7 Å². The van der Waals surface area contributed by atoms with Gasteiger partial charge in [0.1, 0.15) is 28.5 Å². The second-order valence-corrected chi connectivity index (χ2v) is 12.6. The summed E-state index contributed by atoms with van der Waals surface area (Å²) in [7, 11) is -1.00. The first-order valence-corrected chi connectivity index (χ1v) is 15.7. The molecule has 4 heterocycles. The molecule has 1 N–H and O–H groups in total. The number of nitrogens with one attached hydrogen (secondary N) is 1. The summed E-state index contributed by atoms with van der Waals surface area (Å²) in [6.45, 7) is 8.13. The third-order valence-electron chi connectivity index (χ3n) is 6.70. The molecule has 1 aliphatic rings. The molecule has 0 aliphatic carbocycles. The van der Waals surface area contributed by atoms with E-state index in [1.807, 2.05) is 6.92 Å². The summed E-state index contributed by atoms with van der Waals surface area (Å²) in [6.07, 6.45) is 0.808. The molecule has 1 amide bonds. The third kappa shape index (κ3) is 6.86. The van der Waals surface area contributed by atoms with Crippen LogP contribution in [-0.2, 0) is 14.9 Å². The average molecular weight is 641 g/mol. The van der Waals surface area contributed by atoms with Crippen LogP contribution in [0.3, 0.4) is 0 Å². The van der Waals surface area contributed by atoms with Crippen LogP contribution in [0, 0.1) is 0 Å². The lowest BCUT2D eigenvalue weighted by Gasteiger charge is -2.34. The molecule has 1 saturated heterocycles. The van der Waals surface area contributed by atoms with E-state index in [1.165, 1.54) is 29.6 Å². The maximum Gasteiger partial charge on any atom is 0.410 e. The van der Waals surface area contributed by atoms with Crippen molar-refractivity contribution >= 4 is 33.4 Å². The zero-order chi connectivity index (χ0) is 32.4. The van der Waals surface area contributed by atoms with E-state index in [1.54, 1.807) is 61.7 Å². The lowest BCUT2D eigenvalue weighted by Crippen LogP contribution is -2.52. The van der Waals surface area contributed by atoms with Crippen LogP contribution in [0.5, 0.6) is 17.4 Å². The lowest BCUT2D eigenvalue weighted by molar-refractivity contribution is 0.0193. The number of rotatable bonds is 9. The van der Waals surface area contributed by atoms with Gasteiger partial charge in [0.15, 0.2) is 22.9 Å². The van der Waals surface area contributed by atoms with E-state index in [-0.39, 0.29) is 43.3 Å². The molecule has 16 heteroatoms. The van der Waals surface area contributed by atoms with Crippen molar-refractivity contribution in [2.24, 2.45) is 0 Å². The summed E-state index contributed by atoms with van der Waals surface area (Å²) in [4.78, 5) is 32.3. The van der Waals surface area contributed by atoms with Crippen LogP contribution in [0.15, 0.2) is 42.6 Å². The highest BCUT2D eigenvalue weighted by Crippen LogP contribution is 2.38. The molecule has 240 valence electrons. The van der Waals surface area contributed by atoms with Crippen LogP contribution < -0.4 is 18.9 Å². The molecule has 0 bridgehead atoms. The highest BCUT2D eigenvalue weighted by atomic mass is 32.2. The van der Waals surface area contributed by atoms with Gasteiger partial charge in [0.25, 0.3) is 0 Å². The summed E-state index contributed by atoms with van der Waals surface area (Å²) in [5, 5.41) is 0. The number of piperazine rings is 1. The number of imidazole rings is 1. The van der Waals surface area contributed by atoms with Crippen molar-refractivity contribution in [3.05, 3.63) is 42.6 Å². The van der Waals surface area contributed by atoms with Gasteiger partial charge < -0.3 is 23.8 Å². The van der Waals surface area contributed by atoms with Crippen molar-refractivity contribution in [1.29, 1.82) is 0 Å². The molecule has 3 aromatic heterocycles. The van der Waals surface area contributed by atoms with Crippen molar-refractivity contribution in [3.63, 3.8) is 0 Å². The average Bonchev–Trinajstić information content (AvgIpc) is 3.38. The number of nitrogens with zero attached hydrogens (tertiary/aromatic N) is 7. The molecule has 1 fully saturated rings. The van der Waals surface area contributed by atoms with Crippen LogP contribution in [0.4, 0.5) is 10.6 Å². The van der Waals surface area contributed by atoms with Crippen molar-refractivity contribution < 1.29 is 32.2 Å². The van der Waals surface area contributed by atoms with Gasteiger partial charge in [-0.2, -0.15) is 12.7 Å². The third-order valence-corrected chi connectivity index (χ3v) is 8.22. The van der Waals surface area contributed by atoms with E-state index in [4.69, 9.17) is 23.9 Å². The number of anilines is 1. The zero-order valence-electron chi connectivity index (χ0n) is 26.0. The first-order valence-electron chi connectivity index (χ1n) is 14.3. The zero-order valence-corrected chi connectivity index (χ0v) is 26.8. The Balaban J connectivity index is 1.52. The Labute approximate surface area is 261 Å². The summed E-state index contributed by atoms with van der Waals surface area (Å²) in [5.74, 6) is 1.63. The van der Waals surface area contributed by atoms with Crippen LogP contribution in [0.2, 0.25) is 0 Å². The van der Waals surface area contributed by atoms with Gasteiger partial charge in [0.05, 0.1) is 27.0 Å². The van der Waals surface area contributed by atoms with Gasteiger partial charge >= 0.3 is 16.3 Å². The fourth-order valence-electron chi connectivity index (χ4n) is 4.74. The van der Waals surface area contributed by atoms with E-state index >= 15 is 0 Å². The number of benzene rings is 1. The number of hydrogen-bond acceptors (Lipinski definition) is 11. The Bertz CT molecular complexity index is 1780. The van der Waals surface area contributed by atoms with Gasteiger partial charge in [-0.05, 0) is 45.9 Å². The van der Waals surface area contributed by atoms with Gasteiger partial charge in [-0.3, -0.25) is 9.29 Å². The lowest BCUT2D eigenvalue weighted by atomic mass is 10.2. The van der Waals surface area contributed by atoms with E-state index in [2.05, 4.69) is 19.7 Å². The van der Waals surface area contributed by atoms with Gasteiger partial charge in [0.2, 0.25) is 5.88 Å².